The summed E-state index contributed by atoms with van der Waals surface area (Å²) >= 11 is 0. The van der Waals surface area contributed by atoms with Gasteiger partial charge >= 0.3 is 0 Å². The van der Waals surface area contributed by atoms with Crippen molar-refractivity contribution in [3.63, 3.8) is 0 Å². The molecule has 1 amide bonds. The number of rotatable bonds is 5. The van der Waals surface area contributed by atoms with Crippen LogP contribution in [0.5, 0.6) is 0 Å². The van der Waals surface area contributed by atoms with Crippen LogP contribution in [0.15, 0.2) is 5.16 Å². The Morgan fingerprint density at radius 2 is 2.14 bits per heavy atom. The molecule has 6 nitrogen and oxygen atoms in total. The Hall–Kier alpha value is -1.14. The van der Waals surface area contributed by atoms with Crippen LogP contribution in [-0.4, -0.2) is 72.0 Å². The van der Waals surface area contributed by atoms with Crippen molar-refractivity contribution in [3.8, 4) is 0 Å². The Morgan fingerprint density at radius 3 is 2.67 bits per heavy atom. The average Bonchev–Trinajstić information content (AvgIpc) is 2.97. The molecular formula is C15H27N3O3. The third-order valence-electron chi connectivity index (χ3n) is 4.49. The predicted octanol–water partition coefficient (Wildman–Crippen LogP) is 0.702. The fraction of sp³-hybridized carbons (Fsp3) is 0.867. The number of oxime groups is 1. The van der Waals surface area contributed by atoms with Crippen LogP contribution >= 0.6 is 0 Å². The lowest BCUT2D eigenvalue weighted by Gasteiger charge is -2.37. The van der Waals surface area contributed by atoms with E-state index in [9.17, 15) is 4.79 Å². The highest BCUT2D eigenvalue weighted by molar-refractivity contribution is 5.93. The first-order valence-electron chi connectivity index (χ1n) is 7.85. The molecule has 0 saturated carbocycles. The van der Waals surface area contributed by atoms with Gasteiger partial charge in [-0.05, 0) is 25.8 Å². The fourth-order valence-electron chi connectivity index (χ4n) is 2.94. The van der Waals surface area contributed by atoms with Gasteiger partial charge in [-0.15, -0.1) is 0 Å². The Morgan fingerprint density at radius 1 is 1.48 bits per heavy atom. The van der Waals surface area contributed by atoms with Gasteiger partial charge in [0.25, 0.3) is 5.91 Å². The van der Waals surface area contributed by atoms with E-state index >= 15 is 0 Å². The summed E-state index contributed by atoms with van der Waals surface area (Å²) in [6, 6.07) is 0.452. The standard InChI is InChI=1S/C15H27N3O3/c1-11(2)13-10-14(21-16-13)15(20)18-6-4-12(5-7-18)17(3)8-9-19/h11-12,14,19H,4-10H2,1-3H3. The highest BCUT2D eigenvalue weighted by atomic mass is 16.6. The van der Waals surface area contributed by atoms with Gasteiger partial charge in [-0.2, -0.15) is 0 Å². The zero-order chi connectivity index (χ0) is 15.4. The van der Waals surface area contributed by atoms with E-state index in [0.717, 1.165) is 31.6 Å². The first-order valence-corrected chi connectivity index (χ1v) is 7.85. The van der Waals surface area contributed by atoms with Gasteiger partial charge in [-0.1, -0.05) is 19.0 Å². The highest BCUT2D eigenvalue weighted by Gasteiger charge is 2.34. The second-order valence-electron chi connectivity index (χ2n) is 6.30. The molecule has 2 heterocycles. The Balaban J connectivity index is 1.79. The highest BCUT2D eigenvalue weighted by Crippen LogP contribution is 2.21. The number of hydrogen-bond donors (Lipinski definition) is 1. The molecule has 1 fully saturated rings. The van der Waals surface area contributed by atoms with Crippen molar-refractivity contribution < 1.29 is 14.7 Å². The molecule has 120 valence electrons. The molecule has 6 heteroatoms. The molecule has 1 saturated heterocycles. The molecule has 2 rings (SSSR count). The third kappa shape index (κ3) is 3.95. The number of nitrogens with zero attached hydrogens (tertiary/aromatic N) is 3. The molecule has 1 N–H and O–H groups in total. The Labute approximate surface area is 126 Å². The smallest absolute Gasteiger partial charge is 0.266 e. The number of hydrogen-bond acceptors (Lipinski definition) is 5. The lowest BCUT2D eigenvalue weighted by atomic mass is 10.00. The molecule has 2 aliphatic heterocycles. The van der Waals surface area contributed by atoms with E-state index in [-0.39, 0.29) is 12.5 Å². The molecule has 0 bridgehead atoms. The molecule has 1 unspecified atom stereocenters. The molecule has 1 atom stereocenters. The van der Waals surface area contributed by atoms with E-state index in [1.807, 2.05) is 11.9 Å². The molecule has 21 heavy (non-hydrogen) atoms. The summed E-state index contributed by atoms with van der Waals surface area (Å²) in [5.74, 6) is 0.401. The van der Waals surface area contributed by atoms with Crippen molar-refractivity contribution in [3.05, 3.63) is 0 Å². The number of amides is 1. The van der Waals surface area contributed by atoms with Crippen LogP contribution in [0, 0.1) is 5.92 Å². The normalized spacial score (nSPS) is 23.6. The van der Waals surface area contributed by atoms with E-state index in [2.05, 4.69) is 23.9 Å². The monoisotopic (exact) mass is 297 g/mol. The summed E-state index contributed by atoms with van der Waals surface area (Å²) in [4.78, 5) is 21.8. The second-order valence-corrected chi connectivity index (χ2v) is 6.30. The topological polar surface area (TPSA) is 65.4 Å². The zero-order valence-electron chi connectivity index (χ0n) is 13.3. The maximum atomic E-state index is 12.4. The second kappa shape index (κ2) is 7.22. The van der Waals surface area contributed by atoms with Crippen molar-refractivity contribution in [2.45, 2.75) is 45.3 Å². The van der Waals surface area contributed by atoms with Crippen LogP contribution in [0.3, 0.4) is 0 Å². The van der Waals surface area contributed by atoms with E-state index < -0.39 is 6.10 Å². The van der Waals surface area contributed by atoms with Crippen LogP contribution in [-0.2, 0) is 9.63 Å². The van der Waals surface area contributed by atoms with Crippen molar-refractivity contribution in [1.82, 2.24) is 9.80 Å². The molecular weight excluding hydrogens is 270 g/mol. The SMILES string of the molecule is CC(C)C1=NOC(C(=O)N2CCC(N(C)CCO)CC2)C1. The molecule has 0 aromatic heterocycles. The Bertz CT molecular complexity index is 390. The van der Waals surface area contributed by atoms with Gasteiger partial charge in [0.1, 0.15) is 0 Å². The summed E-state index contributed by atoms with van der Waals surface area (Å²) in [7, 11) is 2.03. The lowest BCUT2D eigenvalue weighted by Crippen LogP contribution is -2.48. The van der Waals surface area contributed by atoms with Gasteiger partial charge in [-0.25, -0.2) is 0 Å². The minimum Gasteiger partial charge on any atom is -0.395 e. The third-order valence-corrected chi connectivity index (χ3v) is 4.49. The number of piperidine rings is 1. The summed E-state index contributed by atoms with van der Waals surface area (Å²) in [5.41, 5.74) is 0.978. The predicted molar refractivity (Wildman–Crippen MR) is 81.1 cm³/mol. The average molecular weight is 297 g/mol. The van der Waals surface area contributed by atoms with Crippen LogP contribution < -0.4 is 0 Å². The number of likely N-dealkylation sites (tertiary alicyclic amines) is 1. The molecule has 0 aromatic carbocycles. The number of carbonyl (C=O) groups excluding carboxylic acids is 1. The molecule has 0 aromatic rings. The van der Waals surface area contributed by atoms with Crippen molar-refractivity contribution >= 4 is 11.6 Å². The Kier molecular flexibility index (Phi) is 5.58. The molecule has 0 spiro atoms. The quantitative estimate of drug-likeness (QED) is 0.811. The maximum Gasteiger partial charge on any atom is 0.266 e. The van der Waals surface area contributed by atoms with Crippen molar-refractivity contribution in [2.75, 3.05) is 33.3 Å². The first-order chi connectivity index (χ1) is 10.0. The van der Waals surface area contributed by atoms with Gasteiger partial charge in [0.15, 0.2) is 0 Å². The van der Waals surface area contributed by atoms with E-state index in [4.69, 9.17) is 9.94 Å². The van der Waals surface area contributed by atoms with E-state index in [1.165, 1.54) is 0 Å². The summed E-state index contributed by atoms with van der Waals surface area (Å²) < 4.78 is 0. The number of carbonyl (C=O) groups is 1. The van der Waals surface area contributed by atoms with E-state index in [1.54, 1.807) is 0 Å². The van der Waals surface area contributed by atoms with Crippen LogP contribution in [0.1, 0.15) is 33.1 Å². The van der Waals surface area contributed by atoms with Crippen LogP contribution in [0.2, 0.25) is 0 Å². The van der Waals surface area contributed by atoms with Gasteiger partial charge < -0.3 is 19.7 Å². The number of likely N-dealkylation sites (N-methyl/N-ethyl adjacent to an activating group) is 1. The minimum atomic E-state index is -0.422. The molecule has 0 aliphatic carbocycles. The summed E-state index contributed by atoms with van der Waals surface area (Å²) in [5, 5.41) is 13.0. The minimum absolute atomic E-state index is 0.0673. The number of aliphatic hydroxyl groups is 1. The molecule has 2 aliphatic rings. The van der Waals surface area contributed by atoms with Gasteiger partial charge in [0.2, 0.25) is 6.10 Å². The summed E-state index contributed by atoms with van der Waals surface area (Å²) in [6.07, 6.45) is 2.11. The largest absolute Gasteiger partial charge is 0.395 e. The fourth-order valence-corrected chi connectivity index (χ4v) is 2.94. The first kappa shape index (κ1) is 16.2. The molecule has 0 radical (unpaired) electrons. The number of aliphatic hydroxyl groups excluding tert-OH is 1. The van der Waals surface area contributed by atoms with Crippen LogP contribution in [0.25, 0.3) is 0 Å². The zero-order valence-corrected chi connectivity index (χ0v) is 13.3. The van der Waals surface area contributed by atoms with Crippen molar-refractivity contribution in [2.24, 2.45) is 11.1 Å². The van der Waals surface area contributed by atoms with Crippen molar-refractivity contribution in [1.29, 1.82) is 0 Å². The summed E-state index contributed by atoms with van der Waals surface area (Å²) in [6.45, 7) is 6.53. The van der Waals surface area contributed by atoms with E-state index in [0.29, 0.717) is 24.9 Å². The van der Waals surface area contributed by atoms with Gasteiger partial charge in [0.05, 0.1) is 12.3 Å². The van der Waals surface area contributed by atoms with Crippen LogP contribution in [0.4, 0.5) is 0 Å². The van der Waals surface area contributed by atoms with Gasteiger partial charge in [-0.3, -0.25) is 4.79 Å². The van der Waals surface area contributed by atoms with Gasteiger partial charge in [0, 0.05) is 32.1 Å². The maximum absolute atomic E-state index is 12.4. The lowest BCUT2D eigenvalue weighted by molar-refractivity contribution is -0.143.